The molecule has 8 rings (SSSR count). The van der Waals surface area contributed by atoms with Crippen LogP contribution in [0.2, 0.25) is 0 Å². The van der Waals surface area contributed by atoms with E-state index in [2.05, 4.69) is 9.80 Å². The van der Waals surface area contributed by atoms with E-state index in [1.165, 1.54) is 0 Å². The molecule has 0 amide bonds. The van der Waals surface area contributed by atoms with Gasteiger partial charge in [-0.1, -0.05) is 48.5 Å². The van der Waals surface area contributed by atoms with Crippen LogP contribution in [0.4, 0.5) is 11.4 Å². The van der Waals surface area contributed by atoms with E-state index in [9.17, 15) is 0 Å². The van der Waals surface area contributed by atoms with Crippen LogP contribution < -0.4 is 19.3 Å². The summed E-state index contributed by atoms with van der Waals surface area (Å²) >= 11 is 0. The van der Waals surface area contributed by atoms with E-state index >= 15 is 8.42 Å². The van der Waals surface area contributed by atoms with Gasteiger partial charge in [0.2, 0.25) is 9.84 Å². The zero-order valence-electron chi connectivity index (χ0n) is 25.8. The topological polar surface area (TPSA) is 109 Å². The molecule has 0 radical (unpaired) electrons. The number of para-hydroxylation sites is 4. The number of epoxide rings is 4. The van der Waals surface area contributed by atoms with Gasteiger partial charge in [-0.25, -0.2) is 8.42 Å². The Morgan fingerprint density at radius 3 is 1.17 bits per heavy atom. The van der Waals surface area contributed by atoms with Crippen molar-refractivity contribution in [2.75, 3.05) is 62.4 Å². The summed E-state index contributed by atoms with van der Waals surface area (Å²) in [6, 6.07) is 29.0. The maximum atomic E-state index is 15.0. The molecule has 4 fully saturated rings. The molecule has 0 bridgehead atoms. The molecule has 4 saturated heterocycles. The van der Waals surface area contributed by atoms with Gasteiger partial charge in [-0.3, -0.25) is 0 Å². The summed E-state index contributed by atoms with van der Waals surface area (Å²) < 4.78 is 65.4. The molecule has 11 heteroatoms. The summed E-state index contributed by atoms with van der Waals surface area (Å²) in [7, 11) is -4.23. The van der Waals surface area contributed by atoms with Gasteiger partial charge in [0, 0.05) is 26.2 Å². The third-order valence-corrected chi connectivity index (χ3v) is 10.2. The monoisotopic (exact) mass is 656 g/mol. The molecule has 4 unspecified atom stereocenters. The van der Waals surface area contributed by atoms with E-state index in [1.54, 1.807) is 24.3 Å². The summed E-state index contributed by atoms with van der Waals surface area (Å²) in [6.45, 7) is 5.02. The Morgan fingerprint density at radius 2 is 0.851 bits per heavy atom. The smallest absolute Gasteiger partial charge is 0.214 e. The summed E-state index contributed by atoms with van der Waals surface area (Å²) in [6.07, 6.45) is 0.270. The van der Waals surface area contributed by atoms with Gasteiger partial charge in [-0.05, 0) is 48.5 Å². The normalized spacial score (nSPS) is 22.3. The first-order valence-electron chi connectivity index (χ1n) is 15.9. The molecule has 4 aliphatic heterocycles. The molecule has 4 heterocycles. The fourth-order valence-electron chi connectivity index (χ4n) is 5.69. The molecule has 0 aliphatic carbocycles. The van der Waals surface area contributed by atoms with Crippen LogP contribution in [0.5, 0.6) is 23.0 Å². The third kappa shape index (κ3) is 7.24. The van der Waals surface area contributed by atoms with Gasteiger partial charge in [0.15, 0.2) is 11.5 Å². The third-order valence-electron chi connectivity index (χ3n) is 8.41. The minimum absolute atomic E-state index is 0.0370. The fourth-order valence-corrected chi connectivity index (χ4v) is 7.22. The molecule has 4 aromatic carbocycles. The summed E-state index contributed by atoms with van der Waals surface area (Å²) in [5, 5.41) is 0. The number of benzene rings is 4. The predicted octanol–water partition coefficient (Wildman–Crippen LogP) is 5.31. The number of ether oxygens (including phenoxy) is 6. The van der Waals surface area contributed by atoms with Crippen molar-refractivity contribution in [2.24, 2.45) is 0 Å². The Balaban J connectivity index is 1.26. The summed E-state index contributed by atoms with van der Waals surface area (Å²) in [5.74, 6) is 1.53. The minimum atomic E-state index is -4.23. The second-order valence-corrected chi connectivity index (χ2v) is 14.1. The van der Waals surface area contributed by atoms with Crippen molar-refractivity contribution >= 4 is 21.2 Å². The van der Waals surface area contributed by atoms with Crippen LogP contribution in [0, 0.1) is 0 Å². The highest BCUT2D eigenvalue weighted by atomic mass is 32.2. The van der Waals surface area contributed by atoms with Crippen molar-refractivity contribution < 1.29 is 36.8 Å². The molecule has 0 N–H and O–H groups in total. The molecule has 4 aliphatic rings. The SMILES string of the molecule is O=S(=O)(c1cccc(N(CC2CO2)CC2CO2)c1Oc1ccccc1)c1cccc(N(CC2CO2)CC2CO2)c1Oc1ccccc1. The van der Waals surface area contributed by atoms with Crippen LogP contribution in [-0.4, -0.2) is 85.4 Å². The predicted molar refractivity (Wildman–Crippen MR) is 175 cm³/mol. The maximum Gasteiger partial charge on any atom is 0.214 e. The fraction of sp³-hybridized carbons (Fsp3) is 0.333. The molecule has 4 aromatic rings. The Morgan fingerprint density at radius 1 is 0.511 bits per heavy atom. The second-order valence-electron chi connectivity index (χ2n) is 12.2. The summed E-state index contributed by atoms with van der Waals surface area (Å²) in [5.41, 5.74) is 1.31. The number of hydrogen-bond acceptors (Lipinski definition) is 10. The highest BCUT2D eigenvalue weighted by molar-refractivity contribution is 7.91. The van der Waals surface area contributed by atoms with E-state index in [1.807, 2.05) is 72.8 Å². The molecule has 47 heavy (non-hydrogen) atoms. The lowest BCUT2D eigenvalue weighted by molar-refractivity contribution is 0.387. The van der Waals surface area contributed by atoms with Crippen LogP contribution >= 0.6 is 0 Å². The Labute approximate surface area is 274 Å². The minimum Gasteiger partial charge on any atom is -0.454 e. The zero-order chi connectivity index (χ0) is 31.8. The van der Waals surface area contributed by atoms with Crippen LogP contribution in [0.25, 0.3) is 0 Å². The molecule has 0 saturated carbocycles. The largest absolute Gasteiger partial charge is 0.454 e. The van der Waals surface area contributed by atoms with Gasteiger partial charge in [0.25, 0.3) is 0 Å². The van der Waals surface area contributed by atoms with Gasteiger partial charge in [0.05, 0.1) is 62.2 Å². The quantitative estimate of drug-likeness (QED) is 0.147. The van der Waals surface area contributed by atoms with Gasteiger partial charge < -0.3 is 38.2 Å². The molecule has 4 atom stereocenters. The van der Waals surface area contributed by atoms with E-state index in [0.29, 0.717) is 75.5 Å². The second kappa shape index (κ2) is 12.8. The average molecular weight is 657 g/mol. The van der Waals surface area contributed by atoms with Crippen molar-refractivity contribution in [3.8, 4) is 23.0 Å². The molecular formula is C36H36N2O8S. The Hall–Kier alpha value is -4.13. The number of rotatable bonds is 16. The molecule has 244 valence electrons. The van der Waals surface area contributed by atoms with Crippen LogP contribution in [0.3, 0.4) is 0 Å². The van der Waals surface area contributed by atoms with Gasteiger partial charge in [-0.15, -0.1) is 0 Å². The van der Waals surface area contributed by atoms with E-state index in [4.69, 9.17) is 28.4 Å². The first-order chi connectivity index (χ1) is 23.0. The van der Waals surface area contributed by atoms with Crippen molar-refractivity contribution in [2.45, 2.75) is 34.2 Å². The van der Waals surface area contributed by atoms with E-state index < -0.39 is 9.84 Å². The van der Waals surface area contributed by atoms with Crippen molar-refractivity contribution in [1.29, 1.82) is 0 Å². The van der Waals surface area contributed by atoms with Gasteiger partial charge in [-0.2, -0.15) is 0 Å². The molecule has 0 aromatic heterocycles. The first kappa shape index (κ1) is 30.2. The highest BCUT2D eigenvalue weighted by Crippen LogP contribution is 2.46. The van der Waals surface area contributed by atoms with Gasteiger partial charge in [0.1, 0.15) is 21.3 Å². The maximum absolute atomic E-state index is 15.0. The van der Waals surface area contributed by atoms with Crippen molar-refractivity contribution in [3.05, 3.63) is 97.1 Å². The van der Waals surface area contributed by atoms with Crippen LogP contribution in [0.15, 0.2) is 107 Å². The summed E-state index contributed by atoms with van der Waals surface area (Å²) in [4.78, 5) is 4.29. The van der Waals surface area contributed by atoms with Crippen molar-refractivity contribution in [3.63, 3.8) is 0 Å². The number of hydrogen-bond donors (Lipinski definition) is 0. The molecule has 0 spiro atoms. The standard InChI is InChI=1S/C36H36N2O8S/c39-47(40,33-15-7-13-31(35(33)45-25-9-3-1-4-10-25)37(17-27-21-41-27)18-28-22-42-28)34-16-8-14-32(36(34)46-26-11-5-2-6-12-26)38(19-29-23-43-29)20-30-24-44-30/h1-16,27-30H,17-24H2. The number of sulfone groups is 1. The molecular weight excluding hydrogens is 620 g/mol. The van der Waals surface area contributed by atoms with Crippen molar-refractivity contribution in [1.82, 2.24) is 0 Å². The van der Waals surface area contributed by atoms with E-state index in [0.717, 1.165) is 0 Å². The lowest BCUT2D eigenvalue weighted by Crippen LogP contribution is -2.32. The Bertz CT molecular complexity index is 1650. The number of anilines is 2. The van der Waals surface area contributed by atoms with Crippen LogP contribution in [-0.2, 0) is 28.8 Å². The van der Waals surface area contributed by atoms with E-state index in [-0.39, 0.29) is 45.7 Å². The van der Waals surface area contributed by atoms with Gasteiger partial charge >= 0.3 is 0 Å². The Kier molecular flexibility index (Phi) is 8.24. The lowest BCUT2D eigenvalue weighted by atomic mass is 10.2. The highest BCUT2D eigenvalue weighted by Gasteiger charge is 2.37. The zero-order valence-corrected chi connectivity index (χ0v) is 26.6. The van der Waals surface area contributed by atoms with Crippen LogP contribution in [0.1, 0.15) is 0 Å². The first-order valence-corrected chi connectivity index (χ1v) is 17.4. The molecule has 10 nitrogen and oxygen atoms in total. The number of nitrogens with zero attached hydrogens (tertiary/aromatic N) is 2. The lowest BCUT2D eigenvalue weighted by Gasteiger charge is -2.28. The average Bonchev–Trinajstić information content (AvgIpc) is 3.89.